The lowest BCUT2D eigenvalue weighted by Gasteiger charge is -2.37. The van der Waals surface area contributed by atoms with Crippen LogP contribution in [0.1, 0.15) is 47.6 Å². The van der Waals surface area contributed by atoms with Gasteiger partial charge >= 0.3 is 0 Å². The molecule has 3 aromatic rings. The third-order valence-electron chi connectivity index (χ3n) is 8.26. The van der Waals surface area contributed by atoms with Gasteiger partial charge in [0.25, 0.3) is 11.8 Å². The number of hydrogen-bond donors (Lipinski definition) is 2. The minimum Gasteiger partial charge on any atom is -0.357 e. The van der Waals surface area contributed by atoms with Gasteiger partial charge in [-0.3, -0.25) is 9.69 Å². The average molecular weight is 551 g/mol. The number of likely N-dealkylation sites (tertiary alicyclic amines) is 1. The maximum Gasteiger partial charge on any atom is 0.252 e. The molecule has 0 saturated carbocycles. The van der Waals surface area contributed by atoms with Crippen LogP contribution in [0.25, 0.3) is 10.9 Å². The lowest BCUT2D eigenvalue weighted by atomic mass is 10.0. The highest BCUT2D eigenvalue weighted by molar-refractivity contribution is 6.06. The number of nitrogens with zero attached hydrogens (tertiary/aromatic N) is 6. The maximum atomic E-state index is 14.0. The van der Waals surface area contributed by atoms with Crippen LogP contribution in [-0.4, -0.2) is 90.6 Å². The molecule has 11 heteroatoms. The maximum absolute atomic E-state index is 14.0. The van der Waals surface area contributed by atoms with Crippen LogP contribution < -0.4 is 20.4 Å². The van der Waals surface area contributed by atoms with Crippen molar-refractivity contribution in [2.24, 2.45) is 0 Å². The molecular weight excluding hydrogens is 514 g/mol. The summed E-state index contributed by atoms with van der Waals surface area (Å²) in [4.78, 5) is 33.9. The second kappa shape index (κ2) is 11.6. The first-order valence-electron chi connectivity index (χ1n) is 14.3. The van der Waals surface area contributed by atoms with Crippen molar-refractivity contribution in [1.29, 1.82) is 0 Å². The highest BCUT2D eigenvalue weighted by Crippen LogP contribution is 2.32. The number of fused-ring (bicyclic) bond motifs is 1. The number of amides is 1. The molecule has 3 aliphatic rings. The topological polar surface area (TPSA) is 89.5 Å². The Morgan fingerprint density at radius 3 is 2.40 bits per heavy atom. The number of piperazine rings is 1. The van der Waals surface area contributed by atoms with E-state index in [4.69, 9.17) is 4.98 Å². The molecule has 1 aromatic carbocycles. The van der Waals surface area contributed by atoms with Crippen LogP contribution in [0.5, 0.6) is 0 Å². The SMILES string of the molecule is O=C(NCC(c1cnc(N2CCNCC2)nc1)N1CCC(F)(F)CC1)c1cccc2nc(N3CCCC3)ccc12. The molecular formula is C29H36F2N8O. The number of halogens is 2. The number of rotatable bonds is 7. The third-order valence-corrected chi connectivity index (χ3v) is 8.26. The molecule has 5 heterocycles. The van der Waals surface area contributed by atoms with Crippen molar-refractivity contribution in [3.05, 3.63) is 53.9 Å². The zero-order valence-electron chi connectivity index (χ0n) is 22.7. The number of carbonyl (C=O) groups excluding carboxylic acids is 1. The highest BCUT2D eigenvalue weighted by atomic mass is 19.3. The van der Waals surface area contributed by atoms with Gasteiger partial charge in [0.15, 0.2) is 0 Å². The Bertz CT molecular complexity index is 1320. The van der Waals surface area contributed by atoms with E-state index >= 15 is 0 Å². The molecule has 0 radical (unpaired) electrons. The van der Waals surface area contributed by atoms with E-state index in [1.807, 2.05) is 29.2 Å². The fourth-order valence-electron chi connectivity index (χ4n) is 5.90. The van der Waals surface area contributed by atoms with Crippen molar-refractivity contribution in [3.63, 3.8) is 0 Å². The van der Waals surface area contributed by atoms with Crippen molar-refractivity contribution in [1.82, 2.24) is 30.5 Å². The predicted octanol–water partition coefficient (Wildman–Crippen LogP) is 3.24. The van der Waals surface area contributed by atoms with E-state index in [1.54, 1.807) is 18.5 Å². The molecule has 0 aliphatic carbocycles. The Labute approximate surface area is 233 Å². The first kappa shape index (κ1) is 26.8. The van der Waals surface area contributed by atoms with Crippen LogP contribution in [0.15, 0.2) is 42.7 Å². The van der Waals surface area contributed by atoms with Crippen molar-refractivity contribution in [2.45, 2.75) is 37.6 Å². The van der Waals surface area contributed by atoms with Gasteiger partial charge in [0.1, 0.15) is 5.82 Å². The summed E-state index contributed by atoms with van der Waals surface area (Å²) < 4.78 is 27.9. The van der Waals surface area contributed by atoms with Crippen LogP contribution in [0.3, 0.4) is 0 Å². The zero-order chi connectivity index (χ0) is 27.5. The second-order valence-electron chi connectivity index (χ2n) is 10.9. The average Bonchev–Trinajstić information content (AvgIpc) is 3.53. The van der Waals surface area contributed by atoms with Crippen LogP contribution in [0.4, 0.5) is 20.5 Å². The van der Waals surface area contributed by atoms with E-state index in [1.165, 1.54) is 12.8 Å². The third kappa shape index (κ3) is 5.85. The van der Waals surface area contributed by atoms with Gasteiger partial charge in [-0.1, -0.05) is 6.07 Å². The van der Waals surface area contributed by atoms with Gasteiger partial charge in [-0.15, -0.1) is 0 Å². The zero-order valence-corrected chi connectivity index (χ0v) is 22.7. The largest absolute Gasteiger partial charge is 0.357 e. The summed E-state index contributed by atoms with van der Waals surface area (Å²) in [6.07, 6.45) is 5.48. The standard InChI is InChI=1S/C29H36F2N8O/c30-29(31)8-14-37(15-9-29)25(21-18-34-28(35-19-21)39-16-10-32-11-17-39)20-33-27(40)23-4-3-5-24-22(23)6-7-26(36-24)38-12-1-2-13-38/h3-7,18-19,25,32H,1-2,8-17,20H2,(H,33,40). The van der Waals surface area contributed by atoms with Crippen molar-refractivity contribution in [2.75, 3.05) is 68.7 Å². The lowest BCUT2D eigenvalue weighted by Crippen LogP contribution is -2.45. The first-order valence-corrected chi connectivity index (χ1v) is 14.3. The second-order valence-corrected chi connectivity index (χ2v) is 10.9. The van der Waals surface area contributed by atoms with E-state index in [-0.39, 0.29) is 44.4 Å². The number of aromatic nitrogens is 3. The van der Waals surface area contributed by atoms with E-state index in [0.717, 1.165) is 61.6 Å². The molecule has 9 nitrogen and oxygen atoms in total. The van der Waals surface area contributed by atoms with Gasteiger partial charge in [0, 0.05) is 101 Å². The Balaban J connectivity index is 1.20. The normalized spacial score (nSPS) is 20.6. The molecule has 40 heavy (non-hydrogen) atoms. The number of alkyl halides is 2. The first-order chi connectivity index (χ1) is 19.5. The minimum atomic E-state index is -2.66. The molecule has 1 amide bonds. The number of anilines is 2. The van der Waals surface area contributed by atoms with Gasteiger partial charge < -0.3 is 20.4 Å². The summed E-state index contributed by atoms with van der Waals surface area (Å²) in [5.41, 5.74) is 2.13. The van der Waals surface area contributed by atoms with E-state index in [2.05, 4.69) is 30.4 Å². The lowest BCUT2D eigenvalue weighted by molar-refractivity contribution is -0.0632. The van der Waals surface area contributed by atoms with E-state index in [9.17, 15) is 13.6 Å². The number of carbonyl (C=O) groups is 1. The van der Waals surface area contributed by atoms with Gasteiger partial charge in [0.2, 0.25) is 5.95 Å². The molecule has 3 aliphatic heterocycles. The molecule has 2 aromatic heterocycles. The summed E-state index contributed by atoms with van der Waals surface area (Å²) in [7, 11) is 0. The van der Waals surface area contributed by atoms with Gasteiger partial charge in [0.05, 0.1) is 11.6 Å². The van der Waals surface area contributed by atoms with Crippen LogP contribution in [-0.2, 0) is 0 Å². The van der Waals surface area contributed by atoms with Crippen LogP contribution >= 0.6 is 0 Å². The van der Waals surface area contributed by atoms with Crippen LogP contribution in [0, 0.1) is 0 Å². The molecule has 3 saturated heterocycles. The highest BCUT2D eigenvalue weighted by Gasteiger charge is 2.37. The Morgan fingerprint density at radius 2 is 1.68 bits per heavy atom. The quantitative estimate of drug-likeness (QED) is 0.464. The molecule has 0 bridgehead atoms. The summed E-state index contributed by atoms with van der Waals surface area (Å²) >= 11 is 0. The van der Waals surface area contributed by atoms with E-state index < -0.39 is 5.92 Å². The fraction of sp³-hybridized carbons (Fsp3) is 0.517. The monoisotopic (exact) mass is 550 g/mol. The Hall–Kier alpha value is -3.44. The summed E-state index contributed by atoms with van der Waals surface area (Å²) in [5.74, 6) is -1.27. The van der Waals surface area contributed by atoms with Crippen molar-refractivity contribution >= 4 is 28.6 Å². The molecule has 0 spiro atoms. The molecule has 6 rings (SSSR count). The fourth-order valence-corrected chi connectivity index (χ4v) is 5.90. The van der Waals surface area contributed by atoms with Gasteiger partial charge in [-0.2, -0.15) is 0 Å². The van der Waals surface area contributed by atoms with Gasteiger partial charge in [-0.05, 0) is 37.1 Å². The van der Waals surface area contributed by atoms with Crippen molar-refractivity contribution < 1.29 is 13.6 Å². The van der Waals surface area contributed by atoms with Gasteiger partial charge in [-0.25, -0.2) is 23.7 Å². The molecule has 2 N–H and O–H groups in total. The number of hydrogen-bond acceptors (Lipinski definition) is 8. The van der Waals surface area contributed by atoms with E-state index in [0.29, 0.717) is 11.5 Å². The number of nitrogens with one attached hydrogen (secondary N) is 2. The Kier molecular flexibility index (Phi) is 7.75. The number of pyridine rings is 1. The molecule has 1 unspecified atom stereocenters. The van der Waals surface area contributed by atoms with Crippen molar-refractivity contribution in [3.8, 4) is 0 Å². The molecule has 212 valence electrons. The Morgan fingerprint density at radius 1 is 0.950 bits per heavy atom. The van der Waals surface area contributed by atoms with Crippen LogP contribution in [0.2, 0.25) is 0 Å². The minimum absolute atomic E-state index is 0.203. The summed E-state index contributed by atoms with van der Waals surface area (Å²) in [6, 6.07) is 9.23. The summed E-state index contributed by atoms with van der Waals surface area (Å²) in [6.45, 7) is 6.17. The molecule has 1 atom stereocenters. The summed E-state index contributed by atoms with van der Waals surface area (Å²) in [5, 5.41) is 7.19. The predicted molar refractivity (Wildman–Crippen MR) is 151 cm³/mol. The number of piperidine rings is 1. The smallest absolute Gasteiger partial charge is 0.252 e. The molecule has 3 fully saturated rings. The number of benzene rings is 1.